The molecule has 0 unspecified atom stereocenters. The van der Waals surface area contributed by atoms with Gasteiger partial charge in [0.1, 0.15) is 0 Å². The van der Waals surface area contributed by atoms with Crippen molar-refractivity contribution in [3.63, 3.8) is 0 Å². The van der Waals surface area contributed by atoms with E-state index in [2.05, 4.69) is 0 Å². The molecule has 128 valence electrons. The number of carbonyl (C=O) groups excluding carboxylic acids is 2. The van der Waals surface area contributed by atoms with Gasteiger partial charge in [0.15, 0.2) is 5.41 Å². The quantitative estimate of drug-likeness (QED) is 0.417. The molecule has 0 aromatic carbocycles. The van der Waals surface area contributed by atoms with Crippen LogP contribution in [0.2, 0.25) is 0 Å². The molecule has 0 aromatic rings. The minimum Gasteiger partial charge on any atom is -0.468 e. The Kier molecular flexibility index (Phi) is 5.82. The lowest BCUT2D eigenvalue weighted by molar-refractivity contribution is -0.169. The third-order valence-corrected chi connectivity index (χ3v) is 6.61. The van der Waals surface area contributed by atoms with Gasteiger partial charge in [-0.05, 0) is 24.2 Å². The summed E-state index contributed by atoms with van der Waals surface area (Å²) in [6.45, 7) is 3.84. The highest BCUT2D eigenvalue weighted by atomic mass is 31.2. The second kappa shape index (κ2) is 6.69. The van der Waals surface area contributed by atoms with Crippen LogP contribution in [-0.2, 0) is 32.7 Å². The highest BCUT2D eigenvalue weighted by molar-refractivity contribution is 7.53. The van der Waals surface area contributed by atoms with Gasteiger partial charge in [-0.2, -0.15) is 0 Å². The number of ether oxygens (including phenoxy) is 2. The zero-order valence-corrected chi connectivity index (χ0v) is 14.9. The van der Waals surface area contributed by atoms with Crippen molar-refractivity contribution in [2.75, 3.05) is 34.6 Å². The molecule has 1 rings (SSSR count). The summed E-state index contributed by atoms with van der Waals surface area (Å²) in [6.07, 6.45) is 0.580. The van der Waals surface area contributed by atoms with Crippen LogP contribution in [0.15, 0.2) is 0 Å². The molecule has 0 saturated heterocycles. The van der Waals surface area contributed by atoms with Crippen molar-refractivity contribution < 1.29 is 32.7 Å². The Morgan fingerprint density at radius 1 is 1.05 bits per heavy atom. The molecule has 1 atom stereocenters. The van der Waals surface area contributed by atoms with E-state index >= 15 is 0 Å². The molecule has 0 N–H and O–H groups in total. The third kappa shape index (κ3) is 3.36. The van der Waals surface area contributed by atoms with Gasteiger partial charge in [-0.3, -0.25) is 14.2 Å². The van der Waals surface area contributed by atoms with Crippen molar-refractivity contribution in [1.82, 2.24) is 0 Å². The van der Waals surface area contributed by atoms with Crippen molar-refractivity contribution in [2.24, 2.45) is 16.7 Å². The molecule has 0 aliphatic heterocycles. The fourth-order valence-corrected chi connectivity index (χ4v) is 4.89. The minimum absolute atomic E-state index is 0.128. The second-order valence-corrected chi connectivity index (χ2v) is 8.61. The number of methoxy groups -OCH3 is 2. The Bertz CT molecular complexity index is 462. The van der Waals surface area contributed by atoms with E-state index in [1.807, 2.05) is 13.8 Å². The average Bonchev–Trinajstić information content (AvgIpc) is 2.77. The van der Waals surface area contributed by atoms with Crippen LogP contribution < -0.4 is 0 Å². The summed E-state index contributed by atoms with van der Waals surface area (Å²) in [4.78, 5) is 24.4. The van der Waals surface area contributed by atoms with Gasteiger partial charge in [0.2, 0.25) is 0 Å². The maximum Gasteiger partial charge on any atom is 0.330 e. The lowest BCUT2D eigenvalue weighted by Gasteiger charge is -2.28. The van der Waals surface area contributed by atoms with Crippen molar-refractivity contribution >= 4 is 19.5 Å². The van der Waals surface area contributed by atoms with Gasteiger partial charge in [-0.15, -0.1) is 0 Å². The predicted octanol–water partition coefficient (Wildman–Crippen LogP) is 2.24. The first kappa shape index (κ1) is 19.1. The summed E-state index contributed by atoms with van der Waals surface area (Å²) < 4.78 is 32.0. The maximum atomic E-state index is 12.4. The minimum atomic E-state index is -3.25. The van der Waals surface area contributed by atoms with E-state index in [1.165, 1.54) is 28.4 Å². The monoisotopic (exact) mass is 336 g/mol. The van der Waals surface area contributed by atoms with Crippen LogP contribution in [-0.4, -0.2) is 46.5 Å². The molecule has 0 radical (unpaired) electrons. The van der Waals surface area contributed by atoms with Gasteiger partial charge in [0.05, 0.1) is 20.4 Å². The topological polar surface area (TPSA) is 88.1 Å². The van der Waals surface area contributed by atoms with E-state index < -0.39 is 30.4 Å². The van der Waals surface area contributed by atoms with Crippen molar-refractivity contribution in [3.05, 3.63) is 0 Å². The molecule has 7 nitrogen and oxygen atoms in total. The average molecular weight is 336 g/mol. The molecule has 22 heavy (non-hydrogen) atoms. The van der Waals surface area contributed by atoms with Crippen LogP contribution in [0.1, 0.15) is 26.7 Å². The second-order valence-electron chi connectivity index (χ2n) is 6.29. The van der Waals surface area contributed by atoms with E-state index in [1.54, 1.807) is 0 Å². The molecule has 0 heterocycles. The summed E-state index contributed by atoms with van der Waals surface area (Å²) in [5, 5.41) is 0. The number of hydrogen-bond acceptors (Lipinski definition) is 7. The molecular weight excluding hydrogens is 311 g/mol. The van der Waals surface area contributed by atoms with Gasteiger partial charge >= 0.3 is 19.5 Å². The maximum absolute atomic E-state index is 12.4. The molecule has 0 bridgehead atoms. The van der Waals surface area contributed by atoms with Gasteiger partial charge < -0.3 is 18.5 Å². The molecule has 1 aliphatic rings. The van der Waals surface area contributed by atoms with E-state index in [4.69, 9.17) is 18.5 Å². The smallest absolute Gasteiger partial charge is 0.330 e. The standard InChI is InChI=1S/C14H25O7P/c1-13(2)9-14(11(15)18-3,12(16)19-4)7-10(13)8-22(17,20-5)21-6/h10H,7-9H2,1-6H3/t10-/m1/s1. The Morgan fingerprint density at radius 3 is 1.86 bits per heavy atom. The van der Waals surface area contributed by atoms with Crippen LogP contribution in [0.3, 0.4) is 0 Å². The normalized spacial score (nSPS) is 23.1. The number of esters is 2. The predicted molar refractivity (Wildman–Crippen MR) is 79.5 cm³/mol. The molecule has 0 amide bonds. The first-order chi connectivity index (χ1) is 10.1. The third-order valence-electron chi connectivity index (χ3n) is 4.61. The first-order valence-electron chi connectivity index (χ1n) is 6.98. The summed E-state index contributed by atoms with van der Waals surface area (Å²) in [5.74, 6) is -1.46. The van der Waals surface area contributed by atoms with Crippen LogP contribution in [0.5, 0.6) is 0 Å². The Hall–Kier alpha value is -0.910. The number of hydrogen-bond donors (Lipinski definition) is 0. The largest absolute Gasteiger partial charge is 0.468 e. The molecule has 8 heteroatoms. The lowest BCUT2D eigenvalue weighted by atomic mass is 9.80. The highest BCUT2D eigenvalue weighted by Crippen LogP contribution is 2.60. The summed E-state index contributed by atoms with van der Waals surface area (Å²) in [6, 6.07) is 0. The zero-order valence-electron chi connectivity index (χ0n) is 14.0. The van der Waals surface area contributed by atoms with Crippen LogP contribution >= 0.6 is 7.60 Å². The summed E-state index contributed by atoms with van der Waals surface area (Å²) >= 11 is 0. The SMILES string of the molecule is COC(=O)C1(C(=O)OC)C[C@H](CP(=O)(OC)OC)C(C)(C)C1. The molecule has 0 aromatic heterocycles. The van der Waals surface area contributed by atoms with Crippen LogP contribution in [0, 0.1) is 16.7 Å². The zero-order chi connectivity index (χ0) is 17.2. The van der Waals surface area contributed by atoms with Crippen LogP contribution in [0.25, 0.3) is 0 Å². The van der Waals surface area contributed by atoms with Gasteiger partial charge in [-0.25, -0.2) is 0 Å². The van der Waals surface area contributed by atoms with E-state index in [0.717, 1.165) is 0 Å². The summed E-state index contributed by atoms with van der Waals surface area (Å²) in [5.41, 5.74) is -1.79. The van der Waals surface area contributed by atoms with Crippen molar-refractivity contribution in [2.45, 2.75) is 26.7 Å². The molecule has 1 aliphatic carbocycles. The Balaban J connectivity index is 3.17. The first-order valence-corrected chi connectivity index (χ1v) is 8.71. The van der Waals surface area contributed by atoms with Crippen LogP contribution in [0.4, 0.5) is 0 Å². The molecular formula is C14H25O7P. The molecule has 1 saturated carbocycles. The number of rotatable bonds is 6. The van der Waals surface area contributed by atoms with Gasteiger partial charge in [-0.1, -0.05) is 13.8 Å². The van der Waals surface area contributed by atoms with Crippen molar-refractivity contribution in [3.8, 4) is 0 Å². The fraction of sp³-hybridized carbons (Fsp3) is 0.857. The van der Waals surface area contributed by atoms with E-state index in [9.17, 15) is 14.2 Å². The molecule has 1 fully saturated rings. The van der Waals surface area contributed by atoms with Gasteiger partial charge in [0.25, 0.3) is 0 Å². The fourth-order valence-electron chi connectivity index (χ4n) is 3.28. The number of carbonyl (C=O) groups is 2. The van der Waals surface area contributed by atoms with E-state index in [-0.39, 0.29) is 24.9 Å². The highest BCUT2D eigenvalue weighted by Gasteiger charge is 2.61. The van der Waals surface area contributed by atoms with Crippen molar-refractivity contribution in [1.29, 1.82) is 0 Å². The van der Waals surface area contributed by atoms with Gasteiger partial charge in [0, 0.05) is 14.2 Å². The Labute approximate surface area is 131 Å². The molecule has 0 spiro atoms. The lowest BCUT2D eigenvalue weighted by Crippen LogP contribution is -2.39. The summed E-state index contributed by atoms with van der Waals surface area (Å²) in [7, 11) is 1.87. The van der Waals surface area contributed by atoms with E-state index in [0.29, 0.717) is 0 Å². The Morgan fingerprint density at radius 2 is 1.50 bits per heavy atom.